The van der Waals surface area contributed by atoms with Gasteiger partial charge in [-0.25, -0.2) is 4.79 Å². The van der Waals surface area contributed by atoms with Gasteiger partial charge >= 0.3 is 6.03 Å². The Bertz CT molecular complexity index is 937. The highest BCUT2D eigenvalue weighted by atomic mass is 16.2. The van der Waals surface area contributed by atoms with E-state index in [2.05, 4.69) is 24.5 Å². The van der Waals surface area contributed by atoms with Gasteiger partial charge in [-0.2, -0.15) is 0 Å². The lowest BCUT2D eigenvalue weighted by Crippen LogP contribution is -2.50. The molecule has 2 unspecified atom stereocenters. The summed E-state index contributed by atoms with van der Waals surface area (Å²) in [6.45, 7) is 7.37. The van der Waals surface area contributed by atoms with Crippen molar-refractivity contribution in [2.75, 3.05) is 36.4 Å². The molecule has 0 aliphatic carbocycles. The molecule has 1 fully saturated rings. The molecule has 3 rings (SSSR count). The van der Waals surface area contributed by atoms with Crippen LogP contribution in [0, 0.1) is 18.8 Å². The number of hydrogen-bond donors (Lipinski definition) is 2. The molecule has 0 aromatic heterocycles. The van der Waals surface area contributed by atoms with Gasteiger partial charge in [0.2, 0.25) is 11.8 Å². The van der Waals surface area contributed by atoms with Crippen molar-refractivity contribution in [2.45, 2.75) is 27.2 Å². The molecule has 4 amide bonds. The van der Waals surface area contributed by atoms with Crippen LogP contribution in [-0.2, 0) is 9.59 Å². The van der Waals surface area contributed by atoms with Crippen LogP contribution >= 0.6 is 0 Å². The lowest BCUT2D eigenvalue weighted by atomic mass is 9.92. The number of carbonyl (C=O) groups excluding carboxylic acids is 3. The number of nitrogens with zero attached hydrogens (tertiary/aromatic N) is 2. The van der Waals surface area contributed by atoms with Gasteiger partial charge in [0.25, 0.3) is 0 Å². The predicted octanol–water partition coefficient (Wildman–Crippen LogP) is 3.65. The van der Waals surface area contributed by atoms with Crippen LogP contribution in [0.15, 0.2) is 54.6 Å². The summed E-state index contributed by atoms with van der Waals surface area (Å²) >= 11 is 0. The van der Waals surface area contributed by atoms with Crippen LogP contribution in [0.2, 0.25) is 0 Å². The largest absolute Gasteiger partial charge is 0.341 e. The fraction of sp³-hybridized carbons (Fsp3) is 0.400. The third-order valence-corrected chi connectivity index (χ3v) is 5.56. The molecule has 170 valence electrons. The number of likely N-dealkylation sites (tertiary alicyclic amines) is 1. The van der Waals surface area contributed by atoms with E-state index in [4.69, 9.17) is 0 Å². The van der Waals surface area contributed by atoms with Crippen molar-refractivity contribution >= 4 is 29.2 Å². The number of amides is 4. The first kappa shape index (κ1) is 23.3. The quantitative estimate of drug-likeness (QED) is 0.725. The number of anilines is 2. The fourth-order valence-corrected chi connectivity index (χ4v) is 4.18. The molecular formula is C25H32N4O3. The van der Waals surface area contributed by atoms with Crippen molar-refractivity contribution < 1.29 is 14.4 Å². The summed E-state index contributed by atoms with van der Waals surface area (Å²) < 4.78 is 0. The van der Waals surface area contributed by atoms with Crippen LogP contribution in [0.25, 0.3) is 0 Å². The van der Waals surface area contributed by atoms with Crippen LogP contribution in [0.3, 0.4) is 0 Å². The molecule has 0 bridgehead atoms. The minimum Gasteiger partial charge on any atom is -0.341 e. The lowest BCUT2D eigenvalue weighted by Gasteiger charge is -2.36. The molecule has 1 saturated heterocycles. The molecule has 2 aromatic rings. The number of carbonyl (C=O) groups is 3. The monoisotopic (exact) mass is 436 g/mol. The van der Waals surface area contributed by atoms with E-state index in [9.17, 15) is 14.4 Å². The Kier molecular flexibility index (Phi) is 7.87. The summed E-state index contributed by atoms with van der Waals surface area (Å²) in [6.07, 6.45) is 1.10. The van der Waals surface area contributed by atoms with Crippen molar-refractivity contribution in [2.24, 2.45) is 11.8 Å². The van der Waals surface area contributed by atoms with Crippen LogP contribution in [0.5, 0.6) is 0 Å². The Morgan fingerprint density at radius 3 is 2.34 bits per heavy atom. The molecule has 7 nitrogen and oxygen atoms in total. The van der Waals surface area contributed by atoms with Gasteiger partial charge in [-0.1, -0.05) is 44.2 Å². The molecule has 1 heterocycles. The second-order valence-electron chi connectivity index (χ2n) is 8.74. The number of aryl methyl sites for hydroxylation is 1. The SMILES string of the molecule is Cc1cccc(NC(=O)NCC(=O)N(CC(=O)N2CC(C)CC(C)C2)c2ccccc2)c1. The van der Waals surface area contributed by atoms with Crippen molar-refractivity contribution in [3.05, 3.63) is 60.2 Å². The first-order chi connectivity index (χ1) is 15.3. The Morgan fingerprint density at radius 2 is 1.69 bits per heavy atom. The average Bonchev–Trinajstić information content (AvgIpc) is 2.75. The molecule has 0 spiro atoms. The first-order valence-electron chi connectivity index (χ1n) is 11.1. The zero-order valence-corrected chi connectivity index (χ0v) is 19.0. The number of rotatable bonds is 6. The Balaban J connectivity index is 1.64. The highest BCUT2D eigenvalue weighted by Gasteiger charge is 2.28. The number of nitrogens with one attached hydrogen (secondary N) is 2. The van der Waals surface area contributed by atoms with E-state index in [-0.39, 0.29) is 24.9 Å². The molecule has 1 aliphatic heterocycles. The third-order valence-electron chi connectivity index (χ3n) is 5.56. The van der Waals surface area contributed by atoms with Gasteiger partial charge in [-0.05, 0) is 55.0 Å². The van der Waals surface area contributed by atoms with Crippen molar-refractivity contribution in [1.29, 1.82) is 0 Å². The van der Waals surface area contributed by atoms with E-state index in [1.807, 2.05) is 48.2 Å². The maximum Gasteiger partial charge on any atom is 0.319 e. The maximum absolute atomic E-state index is 13.0. The van der Waals surface area contributed by atoms with Crippen LogP contribution in [-0.4, -0.2) is 48.9 Å². The highest BCUT2D eigenvalue weighted by molar-refractivity contribution is 6.01. The maximum atomic E-state index is 13.0. The Hall–Kier alpha value is -3.35. The van der Waals surface area contributed by atoms with E-state index < -0.39 is 6.03 Å². The van der Waals surface area contributed by atoms with E-state index in [1.165, 1.54) is 4.90 Å². The van der Waals surface area contributed by atoms with Gasteiger partial charge in [0, 0.05) is 24.5 Å². The van der Waals surface area contributed by atoms with Crippen molar-refractivity contribution in [1.82, 2.24) is 10.2 Å². The predicted molar refractivity (Wildman–Crippen MR) is 127 cm³/mol. The summed E-state index contributed by atoms with van der Waals surface area (Å²) in [5, 5.41) is 5.32. The molecule has 0 radical (unpaired) electrons. The van der Waals surface area contributed by atoms with E-state index in [1.54, 1.807) is 18.2 Å². The summed E-state index contributed by atoms with van der Waals surface area (Å²) in [5.41, 5.74) is 2.30. The highest BCUT2D eigenvalue weighted by Crippen LogP contribution is 2.22. The van der Waals surface area contributed by atoms with E-state index >= 15 is 0 Å². The summed E-state index contributed by atoms with van der Waals surface area (Å²) in [7, 11) is 0. The van der Waals surface area contributed by atoms with Crippen molar-refractivity contribution in [3.63, 3.8) is 0 Å². The number of piperidine rings is 1. The van der Waals surface area contributed by atoms with E-state index in [0.717, 1.165) is 12.0 Å². The molecule has 0 saturated carbocycles. The molecule has 2 atom stereocenters. The van der Waals surface area contributed by atoms with Crippen LogP contribution in [0.1, 0.15) is 25.8 Å². The van der Waals surface area contributed by atoms with Crippen LogP contribution in [0.4, 0.5) is 16.2 Å². The molecule has 2 aromatic carbocycles. The number of benzene rings is 2. The molecule has 7 heteroatoms. The summed E-state index contributed by atoms with van der Waals surface area (Å²) in [6, 6.07) is 16.0. The number of hydrogen-bond acceptors (Lipinski definition) is 3. The summed E-state index contributed by atoms with van der Waals surface area (Å²) in [4.78, 5) is 41.6. The summed E-state index contributed by atoms with van der Waals surface area (Å²) in [5.74, 6) is 0.456. The van der Waals surface area contributed by atoms with Gasteiger partial charge < -0.3 is 20.4 Å². The lowest BCUT2D eigenvalue weighted by molar-refractivity contribution is -0.133. The zero-order chi connectivity index (χ0) is 23.1. The zero-order valence-electron chi connectivity index (χ0n) is 19.0. The minimum absolute atomic E-state index is 0.0521. The van der Waals surface area contributed by atoms with Gasteiger partial charge in [0.15, 0.2) is 0 Å². The van der Waals surface area contributed by atoms with Gasteiger partial charge in [0.05, 0.1) is 6.54 Å². The first-order valence-corrected chi connectivity index (χ1v) is 11.1. The molecule has 2 N–H and O–H groups in total. The molecular weight excluding hydrogens is 404 g/mol. The smallest absolute Gasteiger partial charge is 0.319 e. The Morgan fingerprint density at radius 1 is 1.00 bits per heavy atom. The second kappa shape index (κ2) is 10.8. The average molecular weight is 437 g/mol. The number of urea groups is 1. The van der Waals surface area contributed by atoms with Crippen LogP contribution < -0.4 is 15.5 Å². The fourth-order valence-electron chi connectivity index (χ4n) is 4.18. The third kappa shape index (κ3) is 6.57. The standard InChI is InChI=1S/C25H32N4O3/c1-18-8-7-9-21(13-18)27-25(32)26-14-23(30)29(22-10-5-4-6-11-22)17-24(31)28-15-19(2)12-20(3)16-28/h4-11,13,19-20H,12,14-17H2,1-3H3,(H2,26,27,32). The Labute approximate surface area is 189 Å². The van der Waals surface area contributed by atoms with Gasteiger partial charge in [-0.3, -0.25) is 9.59 Å². The minimum atomic E-state index is -0.470. The van der Waals surface area contributed by atoms with Crippen molar-refractivity contribution in [3.8, 4) is 0 Å². The van der Waals surface area contributed by atoms with Gasteiger partial charge in [-0.15, -0.1) is 0 Å². The van der Waals surface area contributed by atoms with Gasteiger partial charge in [0.1, 0.15) is 6.54 Å². The molecule has 32 heavy (non-hydrogen) atoms. The normalized spacial score (nSPS) is 18.0. The molecule has 1 aliphatic rings. The second-order valence-corrected chi connectivity index (χ2v) is 8.74. The topological polar surface area (TPSA) is 81.8 Å². The number of para-hydroxylation sites is 1. The van der Waals surface area contributed by atoms with E-state index in [0.29, 0.717) is 36.3 Å².